The topological polar surface area (TPSA) is 75.6 Å². The van der Waals surface area contributed by atoms with Gasteiger partial charge in [0.2, 0.25) is 0 Å². The Balaban J connectivity index is 1.92. The molecular weight excluding hydrogens is 313 g/mol. The van der Waals surface area contributed by atoms with Gasteiger partial charge in [-0.15, -0.1) is 0 Å². The highest BCUT2D eigenvalue weighted by molar-refractivity contribution is 6.32. The molecule has 2 N–H and O–H groups in total. The van der Waals surface area contributed by atoms with E-state index >= 15 is 0 Å². The number of aliphatic carboxylic acids is 1. The van der Waals surface area contributed by atoms with Gasteiger partial charge in [0.25, 0.3) is 5.91 Å². The summed E-state index contributed by atoms with van der Waals surface area (Å²) >= 11 is 5.81. The average Bonchev–Trinajstić information content (AvgIpc) is 2.84. The first-order valence-corrected chi connectivity index (χ1v) is 7.39. The number of benzene rings is 1. The highest BCUT2D eigenvalue weighted by Gasteiger charge is 2.37. The predicted octanol–water partition coefficient (Wildman–Crippen LogP) is 2.76. The van der Waals surface area contributed by atoms with E-state index in [0.29, 0.717) is 12.8 Å². The van der Waals surface area contributed by atoms with Crippen molar-refractivity contribution < 1.29 is 23.8 Å². The van der Waals surface area contributed by atoms with Gasteiger partial charge in [0.15, 0.2) is 6.61 Å². The quantitative estimate of drug-likeness (QED) is 0.841. The summed E-state index contributed by atoms with van der Waals surface area (Å²) in [5.74, 6) is -1.64. The van der Waals surface area contributed by atoms with Crippen molar-refractivity contribution in [2.24, 2.45) is 0 Å². The van der Waals surface area contributed by atoms with Crippen molar-refractivity contribution in [3.63, 3.8) is 0 Å². The van der Waals surface area contributed by atoms with Crippen LogP contribution in [0.1, 0.15) is 32.1 Å². The van der Waals surface area contributed by atoms with Crippen molar-refractivity contribution in [2.75, 3.05) is 6.61 Å². The van der Waals surface area contributed by atoms with Crippen LogP contribution in [0.2, 0.25) is 5.02 Å². The molecule has 120 valence electrons. The molecule has 1 fully saturated rings. The second kappa shape index (κ2) is 6.96. The fourth-order valence-electron chi connectivity index (χ4n) is 2.75. The molecule has 0 spiro atoms. The molecule has 22 heavy (non-hydrogen) atoms. The summed E-state index contributed by atoms with van der Waals surface area (Å²) in [6, 6.07) is 3.62. The number of nitrogens with one attached hydrogen (secondary N) is 1. The van der Waals surface area contributed by atoms with Crippen LogP contribution < -0.4 is 10.1 Å². The second-order valence-electron chi connectivity index (χ2n) is 5.47. The van der Waals surface area contributed by atoms with Gasteiger partial charge in [-0.2, -0.15) is 0 Å². The van der Waals surface area contributed by atoms with Gasteiger partial charge in [0.05, 0.1) is 17.0 Å². The number of carboxylic acid groups (broad SMARTS) is 1. The Kier molecular flexibility index (Phi) is 5.24. The molecule has 5 nitrogen and oxygen atoms in total. The third kappa shape index (κ3) is 4.34. The van der Waals surface area contributed by atoms with E-state index in [1.807, 2.05) is 0 Å². The number of halogens is 2. The van der Waals surface area contributed by atoms with E-state index in [4.69, 9.17) is 21.4 Å². The number of carbonyl (C=O) groups is 2. The molecule has 1 aliphatic carbocycles. The van der Waals surface area contributed by atoms with Crippen LogP contribution in [0, 0.1) is 5.82 Å². The van der Waals surface area contributed by atoms with Gasteiger partial charge >= 0.3 is 5.97 Å². The van der Waals surface area contributed by atoms with Gasteiger partial charge in [0.1, 0.15) is 11.6 Å². The maximum Gasteiger partial charge on any atom is 0.305 e. The fourth-order valence-corrected chi connectivity index (χ4v) is 2.98. The summed E-state index contributed by atoms with van der Waals surface area (Å²) in [5.41, 5.74) is -0.696. The van der Waals surface area contributed by atoms with Crippen LogP contribution in [0.3, 0.4) is 0 Å². The SMILES string of the molecule is O=C(O)CC1(NC(=O)COc2ccc(F)cc2Cl)CCCC1. The molecule has 7 heteroatoms. The van der Waals surface area contributed by atoms with Gasteiger partial charge in [-0.05, 0) is 31.0 Å². The standard InChI is InChI=1S/C15H17ClFNO4/c16-11-7-10(17)3-4-12(11)22-9-13(19)18-15(8-14(20)21)5-1-2-6-15/h3-4,7H,1-2,5-6,8-9H2,(H,18,19)(H,20,21). The largest absolute Gasteiger partial charge is 0.482 e. The van der Waals surface area contributed by atoms with Gasteiger partial charge in [-0.3, -0.25) is 9.59 Å². The van der Waals surface area contributed by atoms with Gasteiger partial charge < -0.3 is 15.2 Å². The van der Waals surface area contributed by atoms with Crippen LogP contribution in [-0.2, 0) is 9.59 Å². The van der Waals surface area contributed by atoms with Gasteiger partial charge in [-0.1, -0.05) is 24.4 Å². The van der Waals surface area contributed by atoms with E-state index in [1.54, 1.807) is 0 Å². The number of hydrogen-bond acceptors (Lipinski definition) is 3. The molecule has 1 amide bonds. The van der Waals surface area contributed by atoms with Crippen LogP contribution in [-0.4, -0.2) is 29.1 Å². The zero-order valence-corrected chi connectivity index (χ0v) is 12.7. The minimum Gasteiger partial charge on any atom is -0.482 e. The Morgan fingerprint density at radius 3 is 2.64 bits per heavy atom. The molecule has 1 aromatic rings. The summed E-state index contributed by atoms with van der Waals surface area (Å²) in [4.78, 5) is 23.0. The summed E-state index contributed by atoms with van der Waals surface area (Å²) in [6.07, 6.45) is 2.96. The van der Waals surface area contributed by atoms with Crippen molar-refractivity contribution in [3.05, 3.63) is 29.0 Å². The lowest BCUT2D eigenvalue weighted by molar-refractivity contribution is -0.139. The Morgan fingerprint density at radius 1 is 1.36 bits per heavy atom. The maximum atomic E-state index is 12.9. The number of carbonyl (C=O) groups excluding carboxylic acids is 1. The van der Waals surface area contributed by atoms with Crippen LogP contribution >= 0.6 is 11.6 Å². The number of amides is 1. The molecule has 0 unspecified atom stereocenters. The monoisotopic (exact) mass is 329 g/mol. The Labute approximate surface area is 132 Å². The molecule has 0 atom stereocenters. The van der Waals surface area contributed by atoms with E-state index in [1.165, 1.54) is 12.1 Å². The molecule has 2 rings (SSSR count). The predicted molar refractivity (Wildman–Crippen MR) is 78.5 cm³/mol. The Morgan fingerprint density at radius 2 is 2.05 bits per heavy atom. The normalized spacial score (nSPS) is 16.3. The average molecular weight is 330 g/mol. The molecular formula is C15H17ClFNO4. The lowest BCUT2D eigenvalue weighted by atomic mass is 9.93. The minimum absolute atomic E-state index is 0.0777. The number of rotatable bonds is 6. The zero-order chi connectivity index (χ0) is 16.2. The lowest BCUT2D eigenvalue weighted by Crippen LogP contribution is -2.49. The van der Waals surface area contributed by atoms with Gasteiger partial charge in [0, 0.05) is 0 Å². The lowest BCUT2D eigenvalue weighted by Gasteiger charge is -2.28. The second-order valence-corrected chi connectivity index (χ2v) is 5.88. The van der Waals surface area contributed by atoms with Crippen molar-refractivity contribution >= 4 is 23.5 Å². The van der Waals surface area contributed by atoms with Crippen LogP contribution in [0.15, 0.2) is 18.2 Å². The summed E-state index contributed by atoms with van der Waals surface area (Å²) < 4.78 is 18.2. The number of hydrogen-bond donors (Lipinski definition) is 2. The summed E-state index contributed by atoms with van der Waals surface area (Å²) in [7, 11) is 0. The van der Waals surface area contributed by atoms with E-state index < -0.39 is 23.2 Å². The van der Waals surface area contributed by atoms with Crippen molar-refractivity contribution in [2.45, 2.75) is 37.6 Å². The molecule has 0 heterocycles. The molecule has 0 saturated heterocycles. The molecule has 0 aromatic heterocycles. The Hall–Kier alpha value is -1.82. The summed E-state index contributed by atoms with van der Waals surface area (Å²) in [5, 5.41) is 11.8. The number of carboxylic acids is 1. The van der Waals surface area contributed by atoms with E-state index in [9.17, 15) is 14.0 Å². The third-order valence-electron chi connectivity index (χ3n) is 3.71. The Bertz CT molecular complexity index is 573. The zero-order valence-electron chi connectivity index (χ0n) is 11.9. The van der Waals surface area contributed by atoms with Crippen molar-refractivity contribution in [3.8, 4) is 5.75 Å². The highest BCUT2D eigenvalue weighted by Crippen LogP contribution is 2.32. The van der Waals surface area contributed by atoms with E-state index in [0.717, 1.165) is 18.9 Å². The van der Waals surface area contributed by atoms with E-state index in [-0.39, 0.29) is 23.8 Å². The van der Waals surface area contributed by atoms with Crippen molar-refractivity contribution in [1.29, 1.82) is 0 Å². The highest BCUT2D eigenvalue weighted by atomic mass is 35.5. The van der Waals surface area contributed by atoms with Crippen LogP contribution in [0.5, 0.6) is 5.75 Å². The van der Waals surface area contributed by atoms with Crippen LogP contribution in [0.25, 0.3) is 0 Å². The summed E-state index contributed by atoms with van der Waals surface area (Å²) in [6.45, 7) is -0.299. The first-order chi connectivity index (χ1) is 10.4. The van der Waals surface area contributed by atoms with Crippen molar-refractivity contribution in [1.82, 2.24) is 5.32 Å². The smallest absolute Gasteiger partial charge is 0.305 e. The maximum absolute atomic E-state index is 12.9. The third-order valence-corrected chi connectivity index (χ3v) is 4.00. The van der Waals surface area contributed by atoms with E-state index in [2.05, 4.69) is 5.32 Å². The number of ether oxygens (including phenoxy) is 1. The minimum atomic E-state index is -0.940. The molecule has 0 radical (unpaired) electrons. The molecule has 1 saturated carbocycles. The molecule has 0 bridgehead atoms. The molecule has 1 aromatic carbocycles. The van der Waals surface area contributed by atoms with Gasteiger partial charge in [-0.25, -0.2) is 4.39 Å². The fraction of sp³-hybridized carbons (Fsp3) is 0.467. The molecule has 1 aliphatic rings. The first kappa shape index (κ1) is 16.5. The van der Waals surface area contributed by atoms with Crippen LogP contribution in [0.4, 0.5) is 4.39 Å². The first-order valence-electron chi connectivity index (χ1n) is 7.01. The molecule has 0 aliphatic heterocycles.